The van der Waals surface area contributed by atoms with E-state index in [9.17, 15) is 5.11 Å². The Hall–Kier alpha value is -7.00. The number of phenolic OH excluding ortho intramolecular Hbond substituents is 1. The number of imidazole rings is 4. The molecule has 11 aromatic rings. The zero-order valence-corrected chi connectivity index (χ0v) is 37.6. The van der Waals surface area contributed by atoms with E-state index < -0.39 is 0 Å². The van der Waals surface area contributed by atoms with E-state index in [1.54, 1.807) is 0 Å². The third-order valence-electron chi connectivity index (χ3n) is 12.9. The smallest absolute Gasteiger partial charge is 0.225 e. The molecule has 0 radical (unpaired) electrons. The molecule has 9 nitrogen and oxygen atoms in total. The summed E-state index contributed by atoms with van der Waals surface area (Å²) in [5, 5.41) is 12.5. The predicted molar refractivity (Wildman–Crippen MR) is 258 cm³/mol. The zero-order valence-electron chi connectivity index (χ0n) is 37.6. The van der Waals surface area contributed by atoms with Gasteiger partial charge in [0, 0.05) is 16.7 Å². The van der Waals surface area contributed by atoms with Gasteiger partial charge in [-0.15, -0.1) is 0 Å². The molecule has 314 valence electrons. The van der Waals surface area contributed by atoms with Gasteiger partial charge in [-0.05, 0) is 81.8 Å². The summed E-state index contributed by atoms with van der Waals surface area (Å²) >= 11 is 0. The maximum absolute atomic E-state index is 12.5. The van der Waals surface area contributed by atoms with Gasteiger partial charge in [0.1, 0.15) is 11.6 Å². The third kappa shape index (κ3) is 5.67. The Morgan fingerprint density at radius 1 is 0.476 bits per heavy atom. The summed E-state index contributed by atoms with van der Waals surface area (Å²) in [6.07, 6.45) is 0. The molecule has 5 aromatic heterocycles. The lowest BCUT2D eigenvalue weighted by atomic mass is 9.79. The monoisotopic (exact) mass is 828 g/mol. The number of fused-ring (bicyclic) bond motifs is 13. The first-order valence-corrected chi connectivity index (χ1v) is 22.1. The first kappa shape index (κ1) is 38.9. The first-order chi connectivity index (χ1) is 30.1. The minimum absolute atomic E-state index is 0.180. The second-order valence-electron chi connectivity index (χ2n) is 19.9. The summed E-state index contributed by atoms with van der Waals surface area (Å²) in [6.45, 7) is 22.2. The summed E-state index contributed by atoms with van der Waals surface area (Å²) < 4.78 is 8.80. The summed E-state index contributed by atoms with van der Waals surface area (Å²) in [5.74, 6) is 3.66. The highest BCUT2D eigenvalue weighted by molar-refractivity contribution is 6.04. The Morgan fingerprint density at radius 2 is 0.952 bits per heavy atom. The van der Waals surface area contributed by atoms with Crippen molar-refractivity contribution in [3.05, 3.63) is 138 Å². The van der Waals surface area contributed by atoms with Crippen LogP contribution < -0.4 is 0 Å². The van der Waals surface area contributed by atoms with E-state index in [-0.39, 0.29) is 28.4 Å². The minimum atomic E-state index is -0.322. The number of hydrogen-bond acceptors (Lipinski definition) is 5. The van der Waals surface area contributed by atoms with Crippen molar-refractivity contribution in [3.8, 4) is 34.0 Å². The number of aromatic nitrogens is 8. The van der Waals surface area contributed by atoms with Crippen molar-refractivity contribution < 1.29 is 5.11 Å². The van der Waals surface area contributed by atoms with E-state index in [2.05, 4.69) is 166 Å². The Bertz CT molecular complexity index is 3640. The average molecular weight is 829 g/mol. The number of benzene rings is 6. The van der Waals surface area contributed by atoms with Gasteiger partial charge in [-0.1, -0.05) is 142 Å². The molecule has 0 fully saturated rings. The van der Waals surface area contributed by atoms with Gasteiger partial charge >= 0.3 is 0 Å². The molecule has 0 amide bonds. The highest BCUT2D eigenvalue weighted by Crippen LogP contribution is 2.46. The topological polar surface area (TPSA) is 89.9 Å². The Labute approximate surface area is 366 Å². The van der Waals surface area contributed by atoms with Gasteiger partial charge in [0.05, 0.1) is 55.4 Å². The fourth-order valence-corrected chi connectivity index (χ4v) is 9.68. The van der Waals surface area contributed by atoms with Crippen LogP contribution in [0.25, 0.3) is 89.7 Å². The molecule has 6 aromatic carbocycles. The van der Waals surface area contributed by atoms with E-state index in [1.807, 2.05) is 36.4 Å². The van der Waals surface area contributed by atoms with Gasteiger partial charge < -0.3 is 5.11 Å². The molecule has 9 heteroatoms. The molecule has 63 heavy (non-hydrogen) atoms. The molecule has 0 atom stereocenters. The second kappa shape index (κ2) is 13.5. The first-order valence-electron chi connectivity index (χ1n) is 22.1. The molecule has 1 N–H and O–H groups in total. The van der Waals surface area contributed by atoms with Crippen molar-refractivity contribution in [2.75, 3.05) is 0 Å². The van der Waals surface area contributed by atoms with Crippen molar-refractivity contribution >= 4 is 61.5 Å². The van der Waals surface area contributed by atoms with Crippen molar-refractivity contribution in [2.45, 2.75) is 91.9 Å². The lowest BCUT2D eigenvalue weighted by molar-refractivity contribution is 0.446. The lowest BCUT2D eigenvalue weighted by Gasteiger charge is -2.28. The number of nitrogens with zero attached hydrogens (tertiary/aromatic N) is 8. The van der Waals surface area contributed by atoms with E-state index >= 15 is 0 Å². The molecule has 0 aliphatic carbocycles. The number of hydrogen-bond donors (Lipinski definition) is 1. The van der Waals surface area contributed by atoms with Gasteiger partial charge in [0.2, 0.25) is 17.3 Å². The lowest BCUT2D eigenvalue weighted by Crippen LogP contribution is -2.17. The normalized spacial score (nSPS) is 13.0. The molecule has 11 rings (SSSR count). The van der Waals surface area contributed by atoms with Gasteiger partial charge in [-0.25, -0.2) is 33.1 Å². The van der Waals surface area contributed by atoms with Crippen molar-refractivity contribution in [1.29, 1.82) is 0 Å². The molecular formula is C54H52N8O. The van der Waals surface area contributed by atoms with E-state index in [4.69, 9.17) is 19.9 Å². The van der Waals surface area contributed by atoms with Crippen LogP contribution >= 0.6 is 0 Å². The van der Waals surface area contributed by atoms with E-state index in [0.29, 0.717) is 5.82 Å². The fraction of sp³-hybridized carbons (Fsp3) is 0.259. The second-order valence-corrected chi connectivity index (χ2v) is 19.9. The summed E-state index contributed by atoms with van der Waals surface area (Å²) in [7, 11) is 0. The highest BCUT2D eigenvalue weighted by atomic mass is 16.3. The molecule has 0 saturated carbocycles. The largest absolute Gasteiger partial charge is 0.507 e. The quantitative estimate of drug-likeness (QED) is 0.187. The summed E-state index contributed by atoms with van der Waals surface area (Å²) in [6, 6.07) is 40.3. The zero-order chi connectivity index (χ0) is 43.9. The van der Waals surface area contributed by atoms with Gasteiger partial charge in [0.25, 0.3) is 0 Å². The standard InChI is InChI=1S/C54H52N8O/c1-30(2)33-18-15-19-34(31(3)4)47(33)59-43-26-16-20-35(45(43)57-49(59)37-28-32(53(5,6)7)29-38(48(37)63)54(8,9)10)36-21-17-27-44-46(36)58-52-61-42-25-14-12-23-40(42)55-50(61)60-41-24-13-11-22-39(41)56-51(60)62(44)52/h11-31,63H,1-10H3. The molecule has 0 aliphatic heterocycles. The summed E-state index contributed by atoms with van der Waals surface area (Å²) in [4.78, 5) is 21.6. The predicted octanol–water partition coefficient (Wildman–Crippen LogP) is 13.3. The third-order valence-corrected chi connectivity index (χ3v) is 12.9. The van der Waals surface area contributed by atoms with Crippen LogP contribution in [0.2, 0.25) is 0 Å². The maximum Gasteiger partial charge on any atom is 0.225 e. The average Bonchev–Trinajstić information content (AvgIpc) is 4.02. The van der Waals surface area contributed by atoms with Crippen LogP contribution in [-0.2, 0) is 10.8 Å². The van der Waals surface area contributed by atoms with Crippen LogP contribution in [-0.4, -0.2) is 42.8 Å². The van der Waals surface area contributed by atoms with Gasteiger partial charge in [0.15, 0.2) is 0 Å². The van der Waals surface area contributed by atoms with Crippen molar-refractivity contribution in [3.63, 3.8) is 0 Å². The molecule has 0 aliphatic rings. The molecule has 0 spiro atoms. The van der Waals surface area contributed by atoms with Crippen LogP contribution in [0.15, 0.2) is 115 Å². The SMILES string of the molecule is CC(C)c1cccc(C(C)C)c1-n1c(-c2cc(C(C)(C)C)cc(C(C)(C)C)c2O)nc2c(-c3cccc4c3nc3n5c6ccccc6nc5n5c6ccccc6nc5n43)cccc21. The Kier molecular flexibility index (Phi) is 8.33. The van der Waals surface area contributed by atoms with Crippen molar-refractivity contribution in [2.24, 2.45) is 0 Å². The number of rotatable bonds is 5. The van der Waals surface area contributed by atoms with Crippen LogP contribution in [0.1, 0.15) is 103 Å². The van der Waals surface area contributed by atoms with Crippen LogP contribution in [0.5, 0.6) is 5.75 Å². The molecule has 0 bridgehead atoms. The molecular weight excluding hydrogens is 777 g/mol. The number of aromatic hydroxyl groups is 1. The van der Waals surface area contributed by atoms with Gasteiger partial charge in [-0.3, -0.25) is 4.57 Å². The minimum Gasteiger partial charge on any atom is -0.507 e. The van der Waals surface area contributed by atoms with Crippen LogP contribution in [0.3, 0.4) is 0 Å². The number of phenols is 1. The van der Waals surface area contributed by atoms with E-state index in [1.165, 1.54) is 11.1 Å². The van der Waals surface area contributed by atoms with Crippen LogP contribution in [0, 0.1) is 0 Å². The molecule has 5 heterocycles. The van der Waals surface area contributed by atoms with Crippen molar-refractivity contribution in [1.82, 2.24) is 37.7 Å². The maximum atomic E-state index is 12.5. The Morgan fingerprint density at radius 3 is 1.49 bits per heavy atom. The molecule has 0 unspecified atom stereocenters. The highest BCUT2D eigenvalue weighted by Gasteiger charge is 2.31. The van der Waals surface area contributed by atoms with Gasteiger partial charge in [-0.2, -0.15) is 0 Å². The Balaban J connectivity index is 1.29. The summed E-state index contributed by atoms with van der Waals surface area (Å²) in [5.41, 5.74) is 15.0. The van der Waals surface area contributed by atoms with E-state index in [0.717, 1.165) is 95.0 Å². The molecule has 0 saturated heterocycles. The number of para-hydroxylation sites is 7. The fourth-order valence-electron chi connectivity index (χ4n) is 9.68. The van der Waals surface area contributed by atoms with Crippen LogP contribution in [0.4, 0.5) is 0 Å².